The standard InChI is InChI=1S/C14H11BrN2O2S/c1-7-6-20-14(16-7)17-13(18)12-8(2)10-5-9(15)3-4-11(10)19-12/h3-6H,1-2H3,(H,16,17,18). The fourth-order valence-corrected chi connectivity index (χ4v) is 3.02. The highest BCUT2D eigenvalue weighted by Crippen LogP contribution is 2.28. The Hall–Kier alpha value is -1.66. The molecule has 6 heteroatoms. The molecule has 1 N–H and O–H groups in total. The van der Waals surface area contributed by atoms with Crippen LogP contribution in [0.4, 0.5) is 5.13 Å². The van der Waals surface area contributed by atoms with Crippen molar-refractivity contribution in [3.63, 3.8) is 0 Å². The summed E-state index contributed by atoms with van der Waals surface area (Å²) in [5, 5.41) is 6.15. The van der Waals surface area contributed by atoms with Gasteiger partial charge in [-0.15, -0.1) is 11.3 Å². The Kier molecular flexibility index (Phi) is 3.35. The minimum absolute atomic E-state index is 0.274. The van der Waals surface area contributed by atoms with Gasteiger partial charge in [0, 0.05) is 20.8 Å². The summed E-state index contributed by atoms with van der Waals surface area (Å²) in [7, 11) is 0. The van der Waals surface area contributed by atoms with Gasteiger partial charge in [0.15, 0.2) is 10.9 Å². The lowest BCUT2D eigenvalue weighted by molar-refractivity contribution is 0.0998. The maximum atomic E-state index is 12.2. The summed E-state index contributed by atoms with van der Waals surface area (Å²) in [6.07, 6.45) is 0. The monoisotopic (exact) mass is 350 g/mol. The summed E-state index contributed by atoms with van der Waals surface area (Å²) in [6.45, 7) is 3.76. The number of nitrogens with one attached hydrogen (secondary N) is 1. The van der Waals surface area contributed by atoms with E-state index in [1.807, 2.05) is 37.4 Å². The van der Waals surface area contributed by atoms with Crippen LogP contribution < -0.4 is 5.32 Å². The normalized spacial score (nSPS) is 10.9. The molecular formula is C14H11BrN2O2S. The van der Waals surface area contributed by atoms with Gasteiger partial charge >= 0.3 is 0 Å². The zero-order chi connectivity index (χ0) is 14.3. The van der Waals surface area contributed by atoms with Gasteiger partial charge in [-0.1, -0.05) is 15.9 Å². The Morgan fingerprint density at radius 3 is 2.90 bits per heavy atom. The van der Waals surface area contributed by atoms with Crippen LogP contribution in [0.3, 0.4) is 0 Å². The van der Waals surface area contributed by atoms with Gasteiger partial charge in [0.2, 0.25) is 0 Å². The van der Waals surface area contributed by atoms with Crippen molar-refractivity contribution in [1.82, 2.24) is 4.98 Å². The van der Waals surface area contributed by atoms with Crippen molar-refractivity contribution < 1.29 is 9.21 Å². The van der Waals surface area contributed by atoms with Crippen molar-refractivity contribution >= 4 is 49.3 Å². The van der Waals surface area contributed by atoms with Crippen molar-refractivity contribution in [2.75, 3.05) is 5.32 Å². The first-order valence-electron chi connectivity index (χ1n) is 5.97. The summed E-state index contributed by atoms with van der Waals surface area (Å²) >= 11 is 4.81. The van der Waals surface area contributed by atoms with Crippen LogP contribution in [0.2, 0.25) is 0 Å². The topological polar surface area (TPSA) is 55.1 Å². The molecule has 1 amide bonds. The molecule has 0 atom stereocenters. The highest BCUT2D eigenvalue weighted by Gasteiger charge is 2.18. The number of benzene rings is 1. The van der Waals surface area contributed by atoms with Crippen LogP contribution >= 0.6 is 27.3 Å². The Morgan fingerprint density at radius 1 is 1.40 bits per heavy atom. The molecule has 3 aromatic rings. The lowest BCUT2D eigenvalue weighted by atomic mass is 10.1. The van der Waals surface area contributed by atoms with E-state index in [9.17, 15) is 4.79 Å². The molecule has 0 unspecified atom stereocenters. The van der Waals surface area contributed by atoms with E-state index in [1.165, 1.54) is 11.3 Å². The predicted octanol–water partition coefficient (Wildman–Crippen LogP) is 4.52. The van der Waals surface area contributed by atoms with Gasteiger partial charge in [-0.2, -0.15) is 0 Å². The smallest absolute Gasteiger partial charge is 0.293 e. The SMILES string of the molecule is Cc1csc(NC(=O)c2oc3ccc(Br)cc3c2C)n1. The Balaban J connectivity index is 1.97. The molecule has 4 nitrogen and oxygen atoms in total. The van der Waals surface area contributed by atoms with Crippen molar-refractivity contribution in [2.45, 2.75) is 13.8 Å². The van der Waals surface area contributed by atoms with Gasteiger partial charge in [-0.05, 0) is 32.0 Å². The zero-order valence-corrected chi connectivity index (χ0v) is 13.3. The Labute approximate surface area is 127 Å². The maximum absolute atomic E-state index is 12.2. The predicted molar refractivity (Wildman–Crippen MR) is 83.5 cm³/mol. The first-order chi connectivity index (χ1) is 9.54. The highest BCUT2D eigenvalue weighted by atomic mass is 79.9. The molecule has 0 spiro atoms. The number of aryl methyl sites for hydroxylation is 2. The first-order valence-corrected chi connectivity index (χ1v) is 7.64. The molecule has 0 saturated carbocycles. The minimum Gasteiger partial charge on any atom is -0.451 e. The molecule has 0 radical (unpaired) electrons. The number of amides is 1. The van der Waals surface area contributed by atoms with Crippen LogP contribution in [-0.4, -0.2) is 10.9 Å². The molecule has 0 aliphatic carbocycles. The van der Waals surface area contributed by atoms with E-state index in [4.69, 9.17) is 4.42 Å². The largest absolute Gasteiger partial charge is 0.451 e. The number of anilines is 1. The second kappa shape index (κ2) is 5.03. The number of carbonyl (C=O) groups is 1. The summed E-state index contributed by atoms with van der Waals surface area (Å²) in [6, 6.07) is 5.67. The molecule has 3 rings (SSSR count). The zero-order valence-electron chi connectivity index (χ0n) is 10.9. The van der Waals surface area contributed by atoms with E-state index in [1.54, 1.807) is 0 Å². The number of halogens is 1. The van der Waals surface area contributed by atoms with Gasteiger partial charge in [0.1, 0.15) is 5.58 Å². The van der Waals surface area contributed by atoms with E-state index in [0.717, 1.165) is 21.1 Å². The number of furan rings is 1. The highest BCUT2D eigenvalue weighted by molar-refractivity contribution is 9.10. The Morgan fingerprint density at radius 2 is 2.20 bits per heavy atom. The molecule has 0 aliphatic rings. The average molecular weight is 351 g/mol. The van der Waals surface area contributed by atoms with Crippen molar-refractivity contribution in [2.24, 2.45) is 0 Å². The lowest BCUT2D eigenvalue weighted by Crippen LogP contribution is -2.11. The number of aromatic nitrogens is 1. The quantitative estimate of drug-likeness (QED) is 0.739. The number of hydrogen-bond acceptors (Lipinski definition) is 4. The third-order valence-electron chi connectivity index (χ3n) is 2.94. The van der Waals surface area contributed by atoms with Crippen LogP contribution in [-0.2, 0) is 0 Å². The molecule has 0 bridgehead atoms. The number of rotatable bonds is 2. The molecule has 1 aromatic carbocycles. The summed E-state index contributed by atoms with van der Waals surface area (Å²) < 4.78 is 6.59. The number of nitrogens with zero attached hydrogens (tertiary/aromatic N) is 1. The van der Waals surface area contributed by atoms with E-state index >= 15 is 0 Å². The number of hydrogen-bond donors (Lipinski definition) is 1. The second-order valence-corrected chi connectivity index (χ2v) is 6.22. The van der Waals surface area contributed by atoms with Crippen LogP contribution in [0.15, 0.2) is 32.5 Å². The second-order valence-electron chi connectivity index (χ2n) is 4.44. The molecule has 20 heavy (non-hydrogen) atoms. The molecule has 0 aliphatic heterocycles. The third-order valence-corrected chi connectivity index (χ3v) is 4.31. The molecule has 2 aromatic heterocycles. The van der Waals surface area contributed by atoms with Crippen LogP contribution in [0.25, 0.3) is 11.0 Å². The van der Waals surface area contributed by atoms with Crippen molar-refractivity contribution in [3.05, 3.63) is 45.1 Å². The first kappa shape index (κ1) is 13.3. The van der Waals surface area contributed by atoms with Crippen molar-refractivity contribution in [1.29, 1.82) is 0 Å². The van der Waals surface area contributed by atoms with E-state index in [-0.39, 0.29) is 5.91 Å². The average Bonchev–Trinajstić information content (AvgIpc) is 2.94. The van der Waals surface area contributed by atoms with Gasteiger partial charge in [0.25, 0.3) is 5.91 Å². The van der Waals surface area contributed by atoms with Gasteiger partial charge in [0.05, 0.1) is 5.69 Å². The molecular weight excluding hydrogens is 340 g/mol. The number of carbonyl (C=O) groups excluding carboxylic acids is 1. The summed E-state index contributed by atoms with van der Waals surface area (Å²) in [4.78, 5) is 16.5. The molecule has 2 heterocycles. The lowest BCUT2D eigenvalue weighted by Gasteiger charge is -1.98. The Bertz CT molecular complexity index is 807. The fraction of sp³-hybridized carbons (Fsp3) is 0.143. The molecule has 0 saturated heterocycles. The van der Waals surface area contributed by atoms with Gasteiger partial charge in [-0.25, -0.2) is 4.98 Å². The van der Waals surface area contributed by atoms with Gasteiger partial charge < -0.3 is 4.42 Å². The van der Waals surface area contributed by atoms with Crippen LogP contribution in [0, 0.1) is 13.8 Å². The molecule has 0 fully saturated rings. The van der Waals surface area contributed by atoms with Gasteiger partial charge in [-0.3, -0.25) is 10.1 Å². The minimum atomic E-state index is -0.274. The van der Waals surface area contributed by atoms with E-state index < -0.39 is 0 Å². The van der Waals surface area contributed by atoms with Crippen LogP contribution in [0.5, 0.6) is 0 Å². The molecule has 102 valence electrons. The maximum Gasteiger partial charge on any atom is 0.293 e. The third kappa shape index (κ3) is 2.36. The summed E-state index contributed by atoms with van der Waals surface area (Å²) in [5.41, 5.74) is 2.41. The number of thiazole rings is 1. The van der Waals surface area contributed by atoms with Crippen molar-refractivity contribution in [3.8, 4) is 0 Å². The summed E-state index contributed by atoms with van der Waals surface area (Å²) in [5.74, 6) is 0.0510. The fourth-order valence-electron chi connectivity index (χ4n) is 1.97. The van der Waals surface area contributed by atoms with Crippen LogP contribution in [0.1, 0.15) is 21.8 Å². The number of fused-ring (bicyclic) bond motifs is 1. The van der Waals surface area contributed by atoms with E-state index in [2.05, 4.69) is 26.2 Å². The van der Waals surface area contributed by atoms with E-state index in [0.29, 0.717) is 16.5 Å².